The summed E-state index contributed by atoms with van der Waals surface area (Å²) in [5.41, 5.74) is 1.61. The highest BCUT2D eigenvalue weighted by molar-refractivity contribution is 9.10. The predicted molar refractivity (Wildman–Crippen MR) is 74.7 cm³/mol. The SMILES string of the molecule is CCc1nn(C)c(CC(=O)COC(C)(C)C)c1Br. The average Bonchev–Trinajstić information content (AvgIpc) is 2.53. The Morgan fingerprint density at radius 2 is 2.06 bits per heavy atom. The molecule has 0 radical (unpaired) electrons. The molecule has 0 unspecified atom stereocenters. The molecule has 0 atom stereocenters. The number of carbonyl (C=O) groups excluding carboxylic acids is 1. The molecule has 0 spiro atoms. The number of hydrogen-bond acceptors (Lipinski definition) is 3. The van der Waals surface area contributed by atoms with Crippen LogP contribution in [0.2, 0.25) is 0 Å². The summed E-state index contributed by atoms with van der Waals surface area (Å²) >= 11 is 3.50. The second-order valence-corrected chi connectivity index (χ2v) is 6.09. The average molecular weight is 317 g/mol. The predicted octanol–water partition coefficient (Wildman–Crippen LogP) is 2.67. The summed E-state index contributed by atoms with van der Waals surface area (Å²) in [6.07, 6.45) is 1.20. The first-order valence-corrected chi connectivity index (χ1v) is 6.89. The zero-order valence-corrected chi connectivity index (χ0v) is 13.3. The van der Waals surface area contributed by atoms with Crippen LogP contribution in [0.15, 0.2) is 4.47 Å². The van der Waals surface area contributed by atoms with E-state index >= 15 is 0 Å². The van der Waals surface area contributed by atoms with E-state index in [2.05, 4.69) is 21.0 Å². The van der Waals surface area contributed by atoms with Crippen LogP contribution in [0, 0.1) is 0 Å². The van der Waals surface area contributed by atoms with Crippen LogP contribution in [0.5, 0.6) is 0 Å². The van der Waals surface area contributed by atoms with Crippen molar-refractivity contribution in [2.75, 3.05) is 6.61 Å². The van der Waals surface area contributed by atoms with E-state index in [0.29, 0.717) is 6.42 Å². The number of Topliss-reactive ketones (excluding diaryl/α,β-unsaturated/α-hetero) is 1. The zero-order chi connectivity index (χ0) is 13.9. The summed E-state index contributed by atoms with van der Waals surface area (Å²) in [7, 11) is 1.86. The van der Waals surface area contributed by atoms with Crippen molar-refractivity contribution in [3.05, 3.63) is 15.9 Å². The third-order valence-electron chi connectivity index (χ3n) is 2.53. The van der Waals surface area contributed by atoms with Crippen molar-refractivity contribution in [3.8, 4) is 0 Å². The molecule has 1 aromatic heterocycles. The van der Waals surface area contributed by atoms with Gasteiger partial charge in [-0.1, -0.05) is 6.92 Å². The smallest absolute Gasteiger partial charge is 0.164 e. The van der Waals surface area contributed by atoms with Crippen LogP contribution in [0.25, 0.3) is 0 Å². The van der Waals surface area contributed by atoms with Crippen LogP contribution in [0.3, 0.4) is 0 Å². The Kier molecular flexibility index (Phi) is 5.10. The Balaban J connectivity index is 2.68. The van der Waals surface area contributed by atoms with Crippen molar-refractivity contribution in [1.29, 1.82) is 0 Å². The number of aryl methyl sites for hydroxylation is 2. The number of ketones is 1. The quantitative estimate of drug-likeness (QED) is 0.839. The number of ether oxygens (including phenoxy) is 1. The van der Waals surface area contributed by atoms with Crippen LogP contribution in [0.4, 0.5) is 0 Å². The number of hydrogen-bond donors (Lipinski definition) is 0. The summed E-state index contributed by atoms with van der Waals surface area (Å²) in [6, 6.07) is 0. The normalized spacial score (nSPS) is 11.9. The molecular weight excluding hydrogens is 296 g/mol. The minimum absolute atomic E-state index is 0.0660. The summed E-state index contributed by atoms with van der Waals surface area (Å²) in [5.74, 6) is 0.0660. The summed E-state index contributed by atoms with van der Waals surface area (Å²) in [4.78, 5) is 11.9. The molecule has 0 aromatic carbocycles. The monoisotopic (exact) mass is 316 g/mol. The minimum Gasteiger partial charge on any atom is -0.368 e. The number of aromatic nitrogens is 2. The molecule has 0 amide bonds. The van der Waals surface area contributed by atoms with Gasteiger partial charge in [0.1, 0.15) is 6.61 Å². The molecule has 1 rings (SSSR count). The van der Waals surface area contributed by atoms with Gasteiger partial charge in [0.15, 0.2) is 5.78 Å². The maximum absolute atomic E-state index is 11.9. The van der Waals surface area contributed by atoms with E-state index in [1.165, 1.54) is 0 Å². The molecule has 0 bridgehead atoms. The van der Waals surface area contributed by atoms with E-state index in [4.69, 9.17) is 4.74 Å². The van der Waals surface area contributed by atoms with Crippen molar-refractivity contribution >= 4 is 21.7 Å². The maximum Gasteiger partial charge on any atom is 0.164 e. The van der Waals surface area contributed by atoms with E-state index in [0.717, 1.165) is 22.3 Å². The largest absolute Gasteiger partial charge is 0.368 e. The van der Waals surface area contributed by atoms with Gasteiger partial charge in [-0.05, 0) is 43.1 Å². The second kappa shape index (κ2) is 5.97. The Morgan fingerprint density at radius 1 is 1.44 bits per heavy atom. The molecule has 4 nitrogen and oxygen atoms in total. The van der Waals surface area contributed by atoms with Gasteiger partial charge in [-0.3, -0.25) is 9.48 Å². The summed E-state index contributed by atoms with van der Waals surface area (Å²) < 4.78 is 8.18. The third kappa shape index (κ3) is 4.21. The van der Waals surface area contributed by atoms with Gasteiger partial charge in [0.25, 0.3) is 0 Å². The summed E-state index contributed by atoms with van der Waals surface area (Å²) in [5, 5.41) is 4.37. The van der Waals surface area contributed by atoms with E-state index in [1.54, 1.807) is 4.68 Å². The van der Waals surface area contributed by atoms with E-state index in [9.17, 15) is 4.79 Å². The Hall–Kier alpha value is -0.680. The van der Waals surface area contributed by atoms with Gasteiger partial charge in [0.2, 0.25) is 0 Å². The molecule has 0 saturated carbocycles. The van der Waals surface area contributed by atoms with Crippen molar-refractivity contribution < 1.29 is 9.53 Å². The second-order valence-electron chi connectivity index (χ2n) is 5.30. The van der Waals surface area contributed by atoms with Crippen molar-refractivity contribution in [3.63, 3.8) is 0 Å². The van der Waals surface area contributed by atoms with E-state index < -0.39 is 0 Å². The molecule has 0 aliphatic carbocycles. The maximum atomic E-state index is 11.9. The van der Waals surface area contributed by atoms with Gasteiger partial charge in [0, 0.05) is 7.05 Å². The minimum atomic E-state index is -0.284. The standard InChI is InChI=1S/C13H21BrN2O2/c1-6-10-12(14)11(16(5)15-10)7-9(17)8-18-13(2,3)4/h6-8H2,1-5H3. The van der Waals surface area contributed by atoms with E-state index in [1.807, 2.05) is 34.7 Å². The highest BCUT2D eigenvalue weighted by atomic mass is 79.9. The van der Waals surface area contributed by atoms with Gasteiger partial charge >= 0.3 is 0 Å². The Bertz CT molecular complexity index is 433. The molecular formula is C13H21BrN2O2. The molecule has 0 N–H and O–H groups in total. The lowest BCUT2D eigenvalue weighted by atomic mass is 10.1. The molecule has 0 saturated heterocycles. The summed E-state index contributed by atoms with van der Waals surface area (Å²) in [6.45, 7) is 8.00. The van der Waals surface area contributed by atoms with Crippen molar-refractivity contribution in [2.45, 2.75) is 46.1 Å². The van der Waals surface area contributed by atoms with Gasteiger partial charge in [0.05, 0.1) is 27.9 Å². The first-order valence-electron chi connectivity index (χ1n) is 6.10. The van der Waals surface area contributed by atoms with Crippen LogP contribution in [0.1, 0.15) is 39.1 Å². The fourth-order valence-corrected chi connectivity index (χ4v) is 2.30. The van der Waals surface area contributed by atoms with Crippen LogP contribution < -0.4 is 0 Å². The lowest BCUT2D eigenvalue weighted by Crippen LogP contribution is -2.24. The van der Waals surface area contributed by atoms with Gasteiger partial charge < -0.3 is 4.74 Å². The number of halogens is 1. The first-order chi connectivity index (χ1) is 8.24. The number of carbonyl (C=O) groups is 1. The fourth-order valence-electron chi connectivity index (χ4n) is 1.55. The van der Waals surface area contributed by atoms with Crippen LogP contribution in [-0.2, 0) is 29.4 Å². The highest BCUT2D eigenvalue weighted by Crippen LogP contribution is 2.22. The molecule has 0 aliphatic rings. The first kappa shape index (κ1) is 15.4. The topological polar surface area (TPSA) is 44.1 Å². The number of rotatable bonds is 5. The lowest BCUT2D eigenvalue weighted by molar-refractivity contribution is -0.127. The van der Waals surface area contributed by atoms with Gasteiger partial charge in [-0.2, -0.15) is 5.10 Å². The molecule has 0 fully saturated rings. The lowest BCUT2D eigenvalue weighted by Gasteiger charge is -2.18. The van der Waals surface area contributed by atoms with Crippen molar-refractivity contribution in [2.24, 2.45) is 7.05 Å². The van der Waals surface area contributed by atoms with Crippen LogP contribution >= 0.6 is 15.9 Å². The zero-order valence-electron chi connectivity index (χ0n) is 11.7. The molecule has 5 heteroatoms. The number of nitrogens with zero attached hydrogens (tertiary/aromatic N) is 2. The van der Waals surface area contributed by atoms with Gasteiger partial charge in [-0.25, -0.2) is 0 Å². The fraction of sp³-hybridized carbons (Fsp3) is 0.692. The highest BCUT2D eigenvalue weighted by Gasteiger charge is 2.18. The van der Waals surface area contributed by atoms with Crippen LogP contribution in [-0.4, -0.2) is 27.8 Å². The van der Waals surface area contributed by atoms with Gasteiger partial charge in [-0.15, -0.1) is 0 Å². The Labute approximate surface area is 117 Å². The molecule has 18 heavy (non-hydrogen) atoms. The Morgan fingerprint density at radius 3 is 2.50 bits per heavy atom. The molecule has 1 heterocycles. The molecule has 1 aromatic rings. The van der Waals surface area contributed by atoms with E-state index in [-0.39, 0.29) is 18.0 Å². The molecule has 102 valence electrons. The molecule has 0 aliphatic heterocycles. The third-order valence-corrected chi connectivity index (χ3v) is 3.45. The van der Waals surface area contributed by atoms with Crippen molar-refractivity contribution in [1.82, 2.24) is 9.78 Å².